The van der Waals surface area contributed by atoms with Crippen molar-refractivity contribution in [1.82, 2.24) is 4.90 Å². The van der Waals surface area contributed by atoms with Crippen LogP contribution >= 0.6 is 0 Å². The van der Waals surface area contributed by atoms with Gasteiger partial charge in [0.1, 0.15) is 0 Å². The minimum absolute atomic E-state index is 0.129. The zero-order valence-electron chi connectivity index (χ0n) is 11.2. The van der Waals surface area contributed by atoms with Crippen LogP contribution in [-0.4, -0.2) is 43.2 Å². The van der Waals surface area contributed by atoms with Gasteiger partial charge < -0.3 is 15.4 Å². The molecule has 2 unspecified atom stereocenters. The molecule has 0 saturated carbocycles. The van der Waals surface area contributed by atoms with E-state index in [2.05, 4.69) is 5.92 Å². The zero-order valence-corrected chi connectivity index (χ0v) is 11.2. The number of methoxy groups -OCH3 is 1. The van der Waals surface area contributed by atoms with Crippen LogP contribution in [0.1, 0.15) is 38.5 Å². The number of carbonyl (C=O) groups is 1. The Morgan fingerprint density at radius 2 is 2.33 bits per heavy atom. The van der Waals surface area contributed by atoms with Gasteiger partial charge in [0.15, 0.2) is 0 Å². The molecule has 1 aliphatic heterocycles. The molecule has 1 aliphatic rings. The first kappa shape index (κ1) is 15.0. The third kappa shape index (κ3) is 4.32. The first-order chi connectivity index (χ1) is 8.72. The SMILES string of the molecule is C#CCCCCC(=O)N1CCC(OC)CC1CN. The van der Waals surface area contributed by atoms with Crippen molar-refractivity contribution < 1.29 is 9.53 Å². The van der Waals surface area contributed by atoms with Crippen LogP contribution in [0.25, 0.3) is 0 Å². The van der Waals surface area contributed by atoms with Crippen LogP contribution in [0.4, 0.5) is 0 Å². The predicted octanol–water partition coefficient (Wildman–Crippen LogP) is 1.14. The third-order valence-corrected chi connectivity index (χ3v) is 3.56. The van der Waals surface area contributed by atoms with Crippen LogP contribution in [0.3, 0.4) is 0 Å². The van der Waals surface area contributed by atoms with E-state index in [0.717, 1.165) is 38.6 Å². The molecule has 2 atom stereocenters. The summed E-state index contributed by atoms with van der Waals surface area (Å²) >= 11 is 0. The van der Waals surface area contributed by atoms with Crippen molar-refractivity contribution in [1.29, 1.82) is 0 Å². The van der Waals surface area contributed by atoms with E-state index in [1.165, 1.54) is 0 Å². The van der Waals surface area contributed by atoms with Crippen molar-refractivity contribution in [2.75, 3.05) is 20.2 Å². The van der Waals surface area contributed by atoms with E-state index >= 15 is 0 Å². The molecule has 4 heteroatoms. The number of likely N-dealkylation sites (tertiary alicyclic amines) is 1. The second-order valence-electron chi connectivity index (χ2n) is 4.77. The van der Waals surface area contributed by atoms with Gasteiger partial charge in [-0.3, -0.25) is 4.79 Å². The van der Waals surface area contributed by atoms with Crippen molar-refractivity contribution in [3.05, 3.63) is 0 Å². The van der Waals surface area contributed by atoms with Gasteiger partial charge in [-0.2, -0.15) is 0 Å². The molecular formula is C14H24N2O2. The Morgan fingerprint density at radius 1 is 1.56 bits per heavy atom. The van der Waals surface area contributed by atoms with Crippen LogP contribution in [0.5, 0.6) is 0 Å². The van der Waals surface area contributed by atoms with Crippen molar-refractivity contribution in [2.24, 2.45) is 5.73 Å². The summed E-state index contributed by atoms with van der Waals surface area (Å²) < 4.78 is 5.35. The lowest BCUT2D eigenvalue weighted by molar-refractivity contribution is -0.136. The van der Waals surface area contributed by atoms with E-state index < -0.39 is 0 Å². The first-order valence-electron chi connectivity index (χ1n) is 6.68. The van der Waals surface area contributed by atoms with E-state index in [1.54, 1.807) is 7.11 Å². The van der Waals surface area contributed by atoms with Crippen LogP contribution in [0, 0.1) is 12.3 Å². The molecule has 2 N–H and O–H groups in total. The summed E-state index contributed by atoms with van der Waals surface area (Å²) in [4.78, 5) is 14.0. The highest BCUT2D eigenvalue weighted by Crippen LogP contribution is 2.20. The summed E-state index contributed by atoms with van der Waals surface area (Å²) in [5, 5.41) is 0. The average molecular weight is 252 g/mol. The molecule has 0 aliphatic carbocycles. The number of ether oxygens (including phenoxy) is 1. The normalized spacial score (nSPS) is 23.7. The van der Waals surface area contributed by atoms with Crippen molar-refractivity contribution in [3.63, 3.8) is 0 Å². The molecular weight excluding hydrogens is 228 g/mol. The summed E-state index contributed by atoms with van der Waals surface area (Å²) in [6.45, 7) is 1.27. The lowest BCUT2D eigenvalue weighted by Gasteiger charge is -2.38. The molecule has 0 aromatic heterocycles. The second kappa shape index (κ2) is 8.12. The summed E-state index contributed by atoms with van der Waals surface area (Å²) in [5.41, 5.74) is 5.75. The van der Waals surface area contributed by atoms with Gasteiger partial charge in [0.25, 0.3) is 0 Å². The van der Waals surface area contributed by atoms with Crippen LogP contribution in [-0.2, 0) is 9.53 Å². The van der Waals surface area contributed by atoms with Gasteiger partial charge in [0.05, 0.1) is 6.10 Å². The topological polar surface area (TPSA) is 55.6 Å². The fraction of sp³-hybridized carbons (Fsp3) is 0.786. The summed E-state index contributed by atoms with van der Waals surface area (Å²) in [5.74, 6) is 2.80. The molecule has 1 saturated heterocycles. The number of amides is 1. The maximum Gasteiger partial charge on any atom is 0.222 e. The van der Waals surface area contributed by atoms with Crippen LogP contribution in [0.2, 0.25) is 0 Å². The lowest BCUT2D eigenvalue weighted by Crippen LogP contribution is -2.51. The number of carbonyl (C=O) groups excluding carboxylic acids is 1. The van der Waals surface area contributed by atoms with Gasteiger partial charge in [0, 0.05) is 39.1 Å². The molecule has 0 radical (unpaired) electrons. The molecule has 0 spiro atoms. The highest BCUT2D eigenvalue weighted by atomic mass is 16.5. The standard InChI is InChI=1S/C14H24N2O2/c1-3-4-5-6-7-14(17)16-9-8-13(18-2)10-12(16)11-15/h1,12-13H,4-11,15H2,2H3. The molecule has 0 aromatic carbocycles. The quantitative estimate of drug-likeness (QED) is 0.570. The van der Waals surface area contributed by atoms with E-state index in [4.69, 9.17) is 16.9 Å². The predicted molar refractivity (Wildman–Crippen MR) is 71.9 cm³/mol. The summed E-state index contributed by atoms with van der Waals surface area (Å²) in [6.07, 6.45) is 10.3. The van der Waals surface area contributed by atoms with Gasteiger partial charge in [-0.25, -0.2) is 0 Å². The number of rotatable bonds is 6. The maximum absolute atomic E-state index is 12.1. The van der Waals surface area contributed by atoms with Crippen molar-refractivity contribution >= 4 is 5.91 Å². The first-order valence-corrected chi connectivity index (χ1v) is 6.68. The Kier molecular flexibility index (Phi) is 6.77. The van der Waals surface area contributed by atoms with E-state index in [-0.39, 0.29) is 18.1 Å². The largest absolute Gasteiger partial charge is 0.381 e. The molecule has 0 bridgehead atoms. The van der Waals surface area contributed by atoms with E-state index in [1.807, 2.05) is 4.90 Å². The highest BCUT2D eigenvalue weighted by molar-refractivity contribution is 5.76. The summed E-state index contributed by atoms with van der Waals surface area (Å²) in [6, 6.07) is 0.129. The Labute approximate surface area is 110 Å². The van der Waals surface area contributed by atoms with Gasteiger partial charge in [-0.05, 0) is 25.7 Å². The number of terminal acetylenes is 1. The third-order valence-electron chi connectivity index (χ3n) is 3.56. The van der Waals surface area contributed by atoms with Crippen LogP contribution < -0.4 is 5.73 Å². The number of hydrogen-bond acceptors (Lipinski definition) is 3. The highest BCUT2D eigenvalue weighted by Gasteiger charge is 2.30. The van der Waals surface area contributed by atoms with Gasteiger partial charge >= 0.3 is 0 Å². The number of nitrogens with two attached hydrogens (primary N) is 1. The molecule has 18 heavy (non-hydrogen) atoms. The Morgan fingerprint density at radius 3 is 2.94 bits per heavy atom. The minimum Gasteiger partial charge on any atom is -0.381 e. The average Bonchev–Trinajstić information content (AvgIpc) is 2.42. The molecule has 102 valence electrons. The molecule has 1 fully saturated rings. The second-order valence-corrected chi connectivity index (χ2v) is 4.77. The van der Waals surface area contributed by atoms with Crippen molar-refractivity contribution in [2.45, 2.75) is 50.7 Å². The van der Waals surface area contributed by atoms with Crippen LogP contribution in [0.15, 0.2) is 0 Å². The summed E-state index contributed by atoms with van der Waals surface area (Å²) in [7, 11) is 1.72. The van der Waals surface area contributed by atoms with E-state index in [0.29, 0.717) is 13.0 Å². The fourth-order valence-corrected chi connectivity index (χ4v) is 2.43. The molecule has 4 nitrogen and oxygen atoms in total. The molecule has 0 aromatic rings. The number of unbranched alkanes of at least 4 members (excludes halogenated alkanes) is 2. The molecule has 1 rings (SSSR count). The molecule has 1 amide bonds. The minimum atomic E-state index is 0.129. The van der Waals surface area contributed by atoms with Gasteiger partial charge in [-0.1, -0.05) is 0 Å². The lowest BCUT2D eigenvalue weighted by atomic mass is 9.98. The fourth-order valence-electron chi connectivity index (χ4n) is 2.43. The van der Waals surface area contributed by atoms with Gasteiger partial charge in [0.2, 0.25) is 5.91 Å². The Balaban J connectivity index is 2.39. The number of piperidine rings is 1. The number of hydrogen-bond donors (Lipinski definition) is 1. The maximum atomic E-state index is 12.1. The monoisotopic (exact) mass is 252 g/mol. The van der Waals surface area contributed by atoms with E-state index in [9.17, 15) is 4.79 Å². The smallest absolute Gasteiger partial charge is 0.222 e. The zero-order chi connectivity index (χ0) is 13.4. The molecule has 1 heterocycles. The number of nitrogens with zero attached hydrogens (tertiary/aromatic N) is 1. The Bertz CT molecular complexity index is 299. The van der Waals surface area contributed by atoms with Crippen molar-refractivity contribution in [3.8, 4) is 12.3 Å². The van der Waals surface area contributed by atoms with Gasteiger partial charge in [-0.15, -0.1) is 12.3 Å². The Hall–Kier alpha value is -1.05.